The van der Waals surface area contributed by atoms with Gasteiger partial charge in [0, 0.05) is 12.6 Å². The molecule has 0 aliphatic heterocycles. The molecular formula is C11H12FN5O. The normalized spacial score (nSPS) is 10.3. The van der Waals surface area contributed by atoms with Gasteiger partial charge >= 0.3 is 0 Å². The fourth-order valence-corrected chi connectivity index (χ4v) is 1.40. The zero-order valence-electron chi connectivity index (χ0n) is 9.77. The van der Waals surface area contributed by atoms with Crippen LogP contribution in [0.1, 0.15) is 29.8 Å². The van der Waals surface area contributed by atoms with E-state index in [4.69, 9.17) is 0 Å². The lowest BCUT2D eigenvalue weighted by Crippen LogP contribution is -2.14. The number of pyridine rings is 1. The van der Waals surface area contributed by atoms with E-state index in [1.54, 1.807) is 0 Å². The highest BCUT2D eigenvalue weighted by Crippen LogP contribution is 2.11. The first kappa shape index (κ1) is 12.2. The maximum Gasteiger partial charge on any atom is 0.295 e. The highest BCUT2D eigenvalue weighted by Gasteiger charge is 2.14. The molecule has 2 heterocycles. The van der Waals surface area contributed by atoms with Crippen molar-refractivity contribution in [2.45, 2.75) is 19.8 Å². The van der Waals surface area contributed by atoms with Crippen molar-refractivity contribution in [2.75, 3.05) is 5.32 Å². The van der Waals surface area contributed by atoms with Crippen molar-refractivity contribution in [2.24, 2.45) is 0 Å². The Morgan fingerprint density at radius 3 is 3.11 bits per heavy atom. The molecule has 2 aromatic rings. The van der Waals surface area contributed by atoms with Gasteiger partial charge in [-0.05, 0) is 12.5 Å². The number of carbonyl (C=O) groups is 1. The average molecular weight is 249 g/mol. The number of nitrogens with one attached hydrogen (secondary N) is 2. The number of aromatic amines is 1. The maximum absolute atomic E-state index is 13.3. The first-order valence-electron chi connectivity index (χ1n) is 5.53. The molecule has 2 rings (SSSR count). The predicted molar refractivity (Wildman–Crippen MR) is 62.5 cm³/mol. The molecule has 0 radical (unpaired) electrons. The Morgan fingerprint density at radius 2 is 2.39 bits per heavy atom. The molecule has 0 aliphatic carbocycles. The summed E-state index contributed by atoms with van der Waals surface area (Å²) >= 11 is 0. The van der Waals surface area contributed by atoms with Crippen molar-refractivity contribution in [3.05, 3.63) is 35.9 Å². The molecule has 2 N–H and O–H groups in total. The lowest BCUT2D eigenvalue weighted by atomic mass is 10.3. The van der Waals surface area contributed by atoms with Crippen molar-refractivity contribution in [3.8, 4) is 0 Å². The van der Waals surface area contributed by atoms with Crippen LogP contribution >= 0.6 is 0 Å². The van der Waals surface area contributed by atoms with E-state index in [0.29, 0.717) is 12.2 Å². The minimum Gasteiger partial charge on any atom is -0.317 e. The van der Waals surface area contributed by atoms with Gasteiger partial charge < -0.3 is 5.32 Å². The predicted octanol–water partition coefficient (Wildman–Crippen LogP) is 1.54. The number of anilines is 1. The molecule has 0 bridgehead atoms. The second kappa shape index (κ2) is 5.35. The molecule has 0 saturated carbocycles. The van der Waals surface area contributed by atoms with Gasteiger partial charge in [0.2, 0.25) is 5.82 Å². The summed E-state index contributed by atoms with van der Waals surface area (Å²) in [5.41, 5.74) is 0.0526. The van der Waals surface area contributed by atoms with Crippen LogP contribution in [0.25, 0.3) is 0 Å². The lowest BCUT2D eigenvalue weighted by molar-refractivity contribution is 0.101. The van der Waals surface area contributed by atoms with Gasteiger partial charge in [-0.25, -0.2) is 9.37 Å². The number of aromatic nitrogens is 4. The van der Waals surface area contributed by atoms with Gasteiger partial charge in [0.1, 0.15) is 5.82 Å². The van der Waals surface area contributed by atoms with Crippen LogP contribution in [0.2, 0.25) is 0 Å². The second-order valence-electron chi connectivity index (χ2n) is 3.67. The molecule has 0 aromatic carbocycles. The minimum atomic E-state index is -0.602. The summed E-state index contributed by atoms with van der Waals surface area (Å²) in [6, 6.07) is 1.37. The summed E-state index contributed by atoms with van der Waals surface area (Å²) in [7, 11) is 0. The molecule has 0 saturated heterocycles. The van der Waals surface area contributed by atoms with Gasteiger partial charge in [0.15, 0.2) is 5.82 Å². The number of rotatable bonds is 4. The number of nitrogens with zero attached hydrogens (tertiary/aromatic N) is 3. The van der Waals surface area contributed by atoms with E-state index in [1.807, 2.05) is 6.92 Å². The largest absolute Gasteiger partial charge is 0.317 e. The van der Waals surface area contributed by atoms with Crippen LogP contribution in [-0.4, -0.2) is 26.1 Å². The average Bonchev–Trinajstić information content (AvgIpc) is 2.81. The molecule has 0 fully saturated rings. The van der Waals surface area contributed by atoms with E-state index in [-0.39, 0.29) is 11.5 Å². The molecular weight excluding hydrogens is 237 g/mol. The molecule has 6 nitrogen and oxygen atoms in total. The van der Waals surface area contributed by atoms with Crippen LogP contribution in [0.15, 0.2) is 18.5 Å². The number of aryl methyl sites for hydroxylation is 1. The van der Waals surface area contributed by atoms with Crippen LogP contribution in [0.5, 0.6) is 0 Å². The van der Waals surface area contributed by atoms with E-state index >= 15 is 0 Å². The van der Waals surface area contributed by atoms with Crippen molar-refractivity contribution >= 4 is 11.6 Å². The third-order valence-corrected chi connectivity index (χ3v) is 2.24. The third kappa shape index (κ3) is 2.68. The molecule has 7 heteroatoms. The van der Waals surface area contributed by atoms with Crippen molar-refractivity contribution in [3.63, 3.8) is 0 Å². The van der Waals surface area contributed by atoms with Gasteiger partial charge in [0.05, 0.1) is 11.9 Å². The Labute approximate surface area is 103 Å². The third-order valence-electron chi connectivity index (χ3n) is 2.24. The van der Waals surface area contributed by atoms with Crippen LogP contribution in [0.3, 0.4) is 0 Å². The van der Waals surface area contributed by atoms with E-state index in [2.05, 4.69) is 25.5 Å². The Bertz CT molecular complexity index is 554. The first-order valence-corrected chi connectivity index (χ1v) is 5.53. The Hall–Kier alpha value is -2.31. The van der Waals surface area contributed by atoms with E-state index in [9.17, 15) is 9.18 Å². The smallest absolute Gasteiger partial charge is 0.295 e. The highest BCUT2D eigenvalue weighted by atomic mass is 19.1. The van der Waals surface area contributed by atoms with E-state index in [1.165, 1.54) is 12.3 Å². The van der Waals surface area contributed by atoms with Gasteiger partial charge in [-0.2, -0.15) is 0 Å². The number of halogens is 1. The standard InChI is InChI=1S/C11H12FN5O/c1-2-3-9-15-10(17-16-9)11(18)14-8-4-5-13-6-7(8)12/h4-6H,2-3H2,1H3,(H,13,14,18)(H,15,16,17). The van der Waals surface area contributed by atoms with Gasteiger partial charge in [-0.1, -0.05) is 6.92 Å². The van der Waals surface area contributed by atoms with Gasteiger partial charge in [-0.15, -0.1) is 5.10 Å². The highest BCUT2D eigenvalue weighted by molar-refractivity contribution is 6.01. The van der Waals surface area contributed by atoms with Crippen molar-refractivity contribution in [1.82, 2.24) is 20.2 Å². The van der Waals surface area contributed by atoms with E-state index in [0.717, 1.165) is 12.6 Å². The summed E-state index contributed by atoms with van der Waals surface area (Å²) in [4.78, 5) is 19.3. The minimum absolute atomic E-state index is 0.00494. The number of carbonyl (C=O) groups excluding carboxylic acids is 1. The SMILES string of the molecule is CCCc1nc(C(=O)Nc2ccncc2F)n[nH]1. The fraction of sp³-hybridized carbons (Fsp3) is 0.273. The van der Waals surface area contributed by atoms with Gasteiger partial charge in [0.25, 0.3) is 5.91 Å². The van der Waals surface area contributed by atoms with Crippen LogP contribution in [0, 0.1) is 5.82 Å². The zero-order chi connectivity index (χ0) is 13.0. The summed E-state index contributed by atoms with van der Waals surface area (Å²) in [5, 5.41) is 8.82. The molecule has 0 atom stereocenters. The zero-order valence-corrected chi connectivity index (χ0v) is 9.77. The van der Waals surface area contributed by atoms with Crippen molar-refractivity contribution in [1.29, 1.82) is 0 Å². The summed E-state index contributed by atoms with van der Waals surface area (Å²) in [5.74, 6) is -0.526. The quantitative estimate of drug-likeness (QED) is 0.861. The Balaban J connectivity index is 2.10. The number of amides is 1. The number of hydrogen-bond acceptors (Lipinski definition) is 4. The van der Waals surface area contributed by atoms with Crippen molar-refractivity contribution < 1.29 is 9.18 Å². The van der Waals surface area contributed by atoms with Crippen LogP contribution < -0.4 is 5.32 Å². The Kier molecular flexibility index (Phi) is 3.61. The van der Waals surface area contributed by atoms with Gasteiger partial charge in [-0.3, -0.25) is 14.9 Å². The molecule has 18 heavy (non-hydrogen) atoms. The molecule has 2 aromatic heterocycles. The molecule has 0 unspecified atom stereocenters. The molecule has 1 amide bonds. The second-order valence-corrected chi connectivity index (χ2v) is 3.67. The molecule has 94 valence electrons. The monoisotopic (exact) mass is 249 g/mol. The topological polar surface area (TPSA) is 83.6 Å². The number of H-pyrrole nitrogens is 1. The first-order chi connectivity index (χ1) is 8.70. The summed E-state index contributed by atoms with van der Waals surface area (Å²) in [6.07, 6.45) is 4.02. The summed E-state index contributed by atoms with van der Waals surface area (Å²) < 4.78 is 13.3. The number of hydrogen-bond donors (Lipinski definition) is 2. The lowest BCUT2D eigenvalue weighted by Gasteiger charge is -2.02. The molecule has 0 aliphatic rings. The Morgan fingerprint density at radius 1 is 1.56 bits per heavy atom. The fourth-order valence-electron chi connectivity index (χ4n) is 1.40. The van der Waals surface area contributed by atoms with E-state index < -0.39 is 11.7 Å². The molecule has 0 spiro atoms. The summed E-state index contributed by atoms with van der Waals surface area (Å²) in [6.45, 7) is 1.99. The maximum atomic E-state index is 13.3. The van der Waals surface area contributed by atoms with Crippen LogP contribution in [0.4, 0.5) is 10.1 Å². The van der Waals surface area contributed by atoms with Crippen LogP contribution in [-0.2, 0) is 6.42 Å².